The molecule has 0 saturated heterocycles. The molecule has 0 aliphatic rings. The zero-order valence-electron chi connectivity index (χ0n) is 10.5. The summed E-state index contributed by atoms with van der Waals surface area (Å²) in [6, 6.07) is 10.1. The molecule has 0 radical (unpaired) electrons. The highest BCUT2D eigenvalue weighted by molar-refractivity contribution is 9.10. The fourth-order valence-electron chi connectivity index (χ4n) is 1.88. The average Bonchev–Trinajstić information content (AvgIpc) is 2.84. The highest BCUT2D eigenvalue weighted by Gasteiger charge is 2.13. The van der Waals surface area contributed by atoms with Crippen LogP contribution < -0.4 is 0 Å². The number of hydrogen-bond acceptors (Lipinski definition) is 4. The van der Waals surface area contributed by atoms with Crippen molar-refractivity contribution in [3.05, 3.63) is 56.5 Å². The van der Waals surface area contributed by atoms with Gasteiger partial charge in [-0.05, 0) is 30.7 Å². The van der Waals surface area contributed by atoms with Gasteiger partial charge in [-0.3, -0.25) is 10.1 Å². The van der Waals surface area contributed by atoms with Crippen molar-refractivity contribution < 1.29 is 9.34 Å². The summed E-state index contributed by atoms with van der Waals surface area (Å²) in [5.41, 5.74) is 2.94. The van der Waals surface area contributed by atoms with Gasteiger partial charge in [-0.15, -0.1) is 0 Å². The molecule has 0 aliphatic heterocycles. The maximum absolute atomic E-state index is 10.7. The van der Waals surface area contributed by atoms with Crippen molar-refractivity contribution in [2.75, 3.05) is 0 Å². The third-order valence-electron chi connectivity index (χ3n) is 3.00. The Labute approximate surface area is 122 Å². The van der Waals surface area contributed by atoms with E-state index in [4.69, 9.17) is 4.42 Å². The summed E-state index contributed by atoms with van der Waals surface area (Å²) >= 11 is 3.46. The van der Waals surface area contributed by atoms with E-state index < -0.39 is 4.92 Å². The van der Waals surface area contributed by atoms with Crippen LogP contribution in [-0.2, 0) is 0 Å². The van der Waals surface area contributed by atoms with E-state index in [-0.39, 0.29) is 5.69 Å². The lowest BCUT2D eigenvalue weighted by atomic mass is 10.1. The monoisotopic (exact) mass is 332 g/mol. The number of aryl methyl sites for hydroxylation is 1. The molecule has 0 amide bonds. The smallest absolute Gasteiger partial charge is 0.271 e. The summed E-state index contributed by atoms with van der Waals surface area (Å²) in [5, 5.41) is 10.7. The minimum absolute atomic E-state index is 0.00226. The van der Waals surface area contributed by atoms with Crippen molar-refractivity contribution in [1.82, 2.24) is 4.98 Å². The van der Waals surface area contributed by atoms with Gasteiger partial charge in [0, 0.05) is 22.2 Å². The van der Waals surface area contributed by atoms with Crippen LogP contribution in [0.4, 0.5) is 5.69 Å². The minimum Gasteiger partial charge on any atom is -0.436 e. The molecule has 0 spiro atoms. The van der Waals surface area contributed by atoms with Crippen LogP contribution in [-0.4, -0.2) is 9.91 Å². The number of benzene rings is 2. The van der Waals surface area contributed by atoms with E-state index in [1.807, 2.05) is 25.1 Å². The summed E-state index contributed by atoms with van der Waals surface area (Å²) in [5.74, 6) is 0.446. The number of hydrogen-bond donors (Lipinski definition) is 0. The molecule has 0 unspecified atom stereocenters. The Hall–Kier alpha value is -2.21. The highest BCUT2D eigenvalue weighted by atomic mass is 79.9. The number of nitro groups is 1. The number of non-ortho nitro benzene ring substituents is 1. The minimum atomic E-state index is -0.448. The predicted octanol–water partition coefficient (Wildman–Crippen LogP) is 4.47. The Morgan fingerprint density at radius 3 is 2.75 bits per heavy atom. The molecular weight excluding hydrogens is 324 g/mol. The van der Waals surface area contributed by atoms with E-state index in [2.05, 4.69) is 20.9 Å². The van der Waals surface area contributed by atoms with Gasteiger partial charge in [0.25, 0.3) is 5.69 Å². The topological polar surface area (TPSA) is 69.2 Å². The average molecular weight is 333 g/mol. The Kier molecular flexibility index (Phi) is 3.02. The lowest BCUT2D eigenvalue weighted by Gasteiger charge is -1.99. The first-order valence-electron chi connectivity index (χ1n) is 5.86. The number of nitrogens with zero attached hydrogens (tertiary/aromatic N) is 2. The van der Waals surface area contributed by atoms with Crippen LogP contribution in [0, 0.1) is 17.0 Å². The van der Waals surface area contributed by atoms with Crippen LogP contribution in [0.5, 0.6) is 0 Å². The molecular formula is C14H9BrN2O3. The second-order valence-electron chi connectivity index (χ2n) is 4.39. The van der Waals surface area contributed by atoms with Crippen molar-refractivity contribution in [1.29, 1.82) is 0 Å². The SMILES string of the molecule is Cc1ccc(-c2nc3cc([N+](=O)[O-])ccc3o2)cc1Br. The lowest BCUT2D eigenvalue weighted by Crippen LogP contribution is -1.86. The molecule has 0 N–H and O–H groups in total. The predicted molar refractivity (Wildman–Crippen MR) is 78.5 cm³/mol. The largest absolute Gasteiger partial charge is 0.436 e. The van der Waals surface area contributed by atoms with Gasteiger partial charge in [0.2, 0.25) is 5.89 Å². The molecule has 3 rings (SSSR count). The fraction of sp³-hybridized carbons (Fsp3) is 0.0714. The Morgan fingerprint density at radius 1 is 1.25 bits per heavy atom. The van der Waals surface area contributed by atoms with Crippen molar-refractivity contribution in [3.8, 4) is 11.5 Å². The molecule has 0 fully saturated rings. The van der Waals surface area contributed by atoms with Crippen LogP contribution in [0.25, 0.3) is 22.6 Å². The Balaban J connectivity index is 2.12. The molecule has 1 heterocycles. The molecule has 20 heavy (non-hydrogen) atoms. The third-order valence-corrected chi connectivity index (χ3v) is 3.86. The molecule has 0 saturated carbocycles. The van der Waals surface area contributed by atoms with Gasteiger partial charge >= 0.3 is 0 Å². The summed E-state index contributed by atoms with van der Waals surface area (Å²) < 4.78 is 6.59. The van der Waals surface area contributed by atoms with Crippen LogP contribution in [0.2, 0.25) is 0 Å². The van der Waals surface area contributed by atoms with Crippen molar-refractivity contribution in [3.63, 3.8) is 0 Å². The van der Waals surface area contributed by atoms with Crippen molar-refractivity contribution >= 4 is 32.7 Å². The molecule has 100 valence electrons. The Morgan fingerprint density at radius 2 is 2.05 bits per heavy atom. The molecule has 2 aromatic carbocycles. The normalized spacial score (nSPS) is 10.9. The van der Waals surface area contributed by atoms with E-state index in [0.717, 1.165) is 15.6 Å². The molecule has 0 bridgehead atoms. The van der Waals surface area contributed by atoms with Crippen LogP contribution in [0.1, 0.15) is 5.56 Å². The van der Waals surface area contributed by atoms with Crippen LogP contribution in [0.3, 0.4) is 0 Å². The lowest BCUT2D eigenvalue weighted by molar-refractivity contribution is -0.384. The summed E-state index contributed by atoms with van der Waals surface area (Å²) in [7, 11) is 0. The van der Waals surface area contributed by atoms with E-state index in [0.29, 0.717) is 17.0 Å². The second kappa shape index (κ2) is 4.72. The maximum Gasteiger partial charge on any atom is 0.271 e. The fourth-order valence-corrected chi connectivity index (χ4v) is 2.26. The molecule has 0 aliphatic carbocycles. The van der Waals surface area contributed by atoms with Gasteiger partial charge < -0.3 is 4.42 Å². The van der Waals surface area contributed by atoms with E-state index in [1.165, 1.54) is 12.1 Å². The quantitative estimate of drug-likeness (QED) is 0.512. The van der Waals surface area contributed by atoms with Crippen LogP contribution >= 0.6 is 15.9 Å². The molecule has 5 nitrogen and oxygen atoms in total. The first-order valence-corrected chi connectivity index (χ1v) is 6.65. The van der Waals surface area contributed by atoms with Gasteiger partial charge in [-0.1, -0.05) is 22.0 Å². The third kappa shape index (κ3) is 2.18. The number of aromatic nitrogens is 1. The van der Waals surface area contributed by atoms with Crippen molar-refractivity contribution in [2.24, 2.45) is 0 Å². The van der Waals surface area contributed by atoms with E-state index >= 15 is 0 Å². The number of nitro benzene ring substituents is 1. The first kappa shape index (κ1) is 12.8. The summed E-state index contributed by atoms with van der Waals surface area (Å²) in [6.07, 6.45) is 0. The van der Waals surface area contributed by atoms with Gasteiger partial charge in [0.05, 0.1) is 4.92 Å². The standard InChI is InChI=1S/C14H9BrN2O3/c1-8-2-3-9(6-11(8)15)14-16-12-7-10(17(18)19)4-5-13(12)20-14/h2-7H,1H3. The van der Waals surface area contributed by atoms with Gasteiger partial charge in [-0.2, -0.15) is 0 Å². The first-order chi connectivity index (χ1) is 9.54. The zero-order chi connectivity index (χ0) is 14.3. The second-order valence-corrected chi connectivity index (χ2v) is 5.25. The van der Waals surface area contributed by atoms with Gasteiger partial charge in [0.1, 0.15) is 5.52 Å². The van der Waals surface area contributed by atoms with Crippen LogP contribution in [0.15, 0.2) is 45.3 Å². The molecule has 0 atom stereocenters. The Bertz CT molecular complexity index is 826. The van der Waals surface area contributed by atoms with E-state index in [9.17, 15) is 10.1 Å². The molecule has 1 aromatic heterocycles. The van der Waals surface area contributed by atoms with E-state index in [1.54, 1.807) is 6.07 Å². The van der Waals surface area contributed by atoms with Gasteiger partial charge in [-0.25, -0.2) is 4.98 Å². The number of rotatable bonds is 2. The number of oxazole rings is 1. The number of halogens is 1. The van der Waals surface area contributed by atoms with Crippen molar-refractivity contribution in [2.45, 2.75) is 6.92 Å². The summed E-state index contributed by atoms with van der Waals surface area (Å²) in [6.45, 7) is 1.99. The maximum atomic E-state index is 10.7. The molecule has 6 heteroatoms. The zero-order valence-corrected chi connectivity index (χ0v) is 12.0. The van der Waals surface area contributed by atoms with Gasteiger partial charge in [0.15, 0.2) is 5.58 Å². The number of fused-ring (bicyclic) bond motifs is 1. The summed E-state index contributed by atoms with van der Waals surface area (Å²) in [4.78, 5) is 14.6. The highest BCUT2D eigenvalue weighted by Crippen LogP contribution is 2.29. The molecule has 3 aromatic rings.